The highest BCUT2D eigenvalue weighted by molar-refractivity contribution is 14.0. The molecule has 3 saturated carbocycles. The lowest BCUT2D eigenvalue weighted by atomic mass is 9.85. The number of rotatable bonds is 2. The Morgan fingerprint density at radius 1 is 1.00 bits per heavy atom. The van der Waals surface area contributed by atoms with Gasteiger partial charge in [0.2, 0.25) is 0 Å². The van der Waals surface area contributed by atoms with Crippen LogP contribution in [0.1, 0.15) is 51.4 Å². The van der Waals surface area contributed by atoms with Gasteiger partial charge in [0.1, 0.15) is 0 Å². The van der Waals surface area contributed by atoms with Crippen LogP contribution in [0.25, 0.3) is 0 Å². The van der Waals surface area contributed by atoms with Gasteiger partial charge in [-0.25, -0.2) is 0 Å². The molecule has 0 aromatic rings. The number of hydrogen-bond acceptors (Lipinski definition) is 2. The summed E-state index contributed by atoms with van der Waals surface area (Å²) in [7, 11) is 0. The van der Waals surface area contributed by atoms with Gasteiger partial charge < -0.3 is 4.74 Å². The molecule has 0 amide bonds. The molecule has 3 heteroatoms. The number of nitrogens with zero attached hydrogens (tertiary/aromatic N) is 1. The fourth-order valence-electron chi connectivity index (χ4n) is 5.30. The topological polar surface area (TPSA) is 12.5 Å². The van der Waals surface area contributed by atoms with Crippen molar-refractivity contribution in [1.29, 1.82) is 0 Å². The summed E-state index contributed by atoms with van der Waals surface area (Å²) in [6.07, 6.45) is 12.3. The molecule has 0 N–H and O–H groups in total. The summed E-state index contributed by atoms with van der Waals surface area (Å²) < 4.78 is 6.00. The standard InChI is InChI=1S/C16H27NO.HI/c1-2-4-16-15(3-1)17(7-8-18-16)11-14-10-12-5-6-13(14)9-12;/h12-16H,1-11H2;1H. The Labute approximate surface area is 134 Å². The van der Waals surface area contributed by atoms with Crippen molar-refractivity contribution < 1.29 is 4.74 Å². The minimum Gasteiger partial charge on any atom is -0.375 e. The van der Waals surface area contributed by atoms with Crippen LogP contribution < -0.4 is 0 Å². The Balaban J connectivity index is 0.00000110. The molecule has 0 spiro atoms. The second kappa shape index (κ2) is 6.18. The van der Waals surface area contributed by atoms with Gasteiger partial charge in [-0.2, -0.15) is 0 Å². The molecule has 1 aliphatic heterocycles. The molecule has 4 fully saturated rings. The van der Waals surface area contributed by atoms with Crippen LogP contribution in [0.4, 0.5) is 0 Å². The summed E-state index contributed by atoms with van der Waals surface area (Å²) in [5, 5.41) is 0. The first-order valence-corrected chi connectivity index (χ1v) is 8.26. The third kappa shape index (κ3) is 2.84. The highest BCUT2D eigenvalue weighted by atomic mass is 127. The number of hydrogen-bond donors (Lipinski definition) is 0. The van der Waals surface area contributed by atoms with Gasteiger partial charge in [0, 0.05) is 19.1 Å². The van der Waals surface area contributed by atoms with Gasteiger partial charge in [-0.3, -0.25) is 4.90 Å². The first kappa shape index (κ1) is 14.6. The van der Waals surface area contributed by atoms with Crippen LogP contribution in [-0.4, -0.2) is 36.7 Å². The van der Waals surface area contributed by atoms with Crippen LogP contribution in [0.5, 0.6) is 0 Å². The average molecular weight is 377 g/mol. The molecule has 2 nitrogen and oxygen atoms in total. The van der Waals surface area contributed by atoms with Crippen LogP contribution in [0.3, 0.4) is 0 Å². The summed E-state index contributed by atoms with van der Waals surface area (Å²) in [4.78, 5) is 2.82. The van der Waals surface area contributed by atoms with Crippen molar-refractivity contribution in [2.75, 3.05) is 19.7 Å². The maximum Gasteiger partial charge on any atom is 0.0730 e. The fraction of sp³-hybridized carbons (Fsp3) is 1.00. The van der Waals surface area contributed by atoms with Gasteiger partial charge in [-0.05, 0) is 49.9 Å². The summed E-state index contributed by atoms with van der Waals surface area (Å²) in [5.41, 5.74) is 0. The molecular formula is C16H28INO. The third-order valence-corrected chi connectivity index (χ3v) is 6.20. The Kier molecular flexibility index (Phi) is 4.75. The van der Waals surface area contributed by atoms with Gasteiger partial charge in [0.15, 0.2) is 0 Å². The molecule has 0 radical (unpaired) electrons. The molecule has 0 aromatic heterocycles. The summed E-state index contributed by atoms with van der Waals surface area (Å²) in [6, 6.07) is 0.770. The zero-order valence-corrected chi connectivity index (χ0v) is 14.3. The van der Waals surface area contributed by atoms with Crippen molar-refractivity contribution in [2.24, 2.45) is 17.8 Å². The van der Waals surface area contributed by atoms with Gasteiger partial charge >= 0.3 is 0 Å². The lowest BCUT2D eigenvalue weighted by Gasteiger charge is -2.45. The molecule has 19 heavy (non-hydrogen) atoms. The van der Waals surface area contributed by atoms with E-state index in [0.717, 1.165) is 30.4 Å². The van der Waals surface area contributed by atoms with E-state index in [4.69, 9.17) is 4.74 Å². The molecule has 2 bridgehead atoms. The van der Waals surface area contributed by atoms with Gasteiger partial charge in [-0.15, -0.1) is 24.0 Å². The second-order valence-corrected chi connectivity index (χ2v) is 7.19. The quantitative estimate of drug-likeness (QED) is 0.681. The average Bonchev–Trinajstić information content (AvgIpc) is 3.01. The van der Waals surface area contributed by atoms with E-state index in [0.29, 0.717) is 6.10 Å². The van der Waals surface area contributed by atoms with Crippen LogP contribution in [-0.2, 0) is 4.74 Å². The van der Waals surface area contributed by atoms with E-state index in [2.05, 4.69) is 4.90 Å². The van der Waals surface area contributed by atoms with Crippen LogP contribution >= 0.6 is 24.0 Å². The SMILES string of the molecule is C1CCC2C(C1)OCCN2CC1CC2CCC1C2.I. The van der Waals surface area contributed by atoms with Crippen LogP contribution in [0.15, 0.2) is 0 Å². The summed E-state index contributed by atoms with van der Waals surface area (Å²) >= 11 is 0. The van der Waals surface area contributed by atoms with Crippen molar-refractivity contribution in [3.05, 3.63) is 0 Å². The third-order valence-electron chi connectivity index (χ3n) is 6.20. The Hall–Kier alpha value is 0.650. The highest BCUT2D eigenvalue weighted by Gasteiger charge is 2.42. The van der Waals surface area contributed by atoms with E-state index in [9.17, 15) is 0 Å². The van der Waals surface area contributed by atoms with Gasteiger partial charge in [0.25, 0.3) is 0 Å². The minimum absolute atomic E-state index is 0. The van der Waals surface area contributed by atoms with Crippen LogP contribution in [0, 0.1) is 17.8 Å². The van der Waals surface area contributed by atoms with E-state index in [1.807, 2.05) is 0 Å². The molecule has 4 aliphatic rings. The van der Waals surface area contributed by atoms with Crippen molar-refractivity contribution in [1.82, 2.24) is 4.90 Å². The molecule has 1 heterocycles. The molecule has 3 aliphatic carbocycles. The van der Waals surface area contributed by atoms with E-state index in [1.54, 1.807) is 12.8 Å². The molecule has 4 rings (SSSR count). The zero-order valence-electron chi connectivity index (χ0n) is 11.9. The Morgan fingerprint density at radius 3 is 2.68 bits per heavy atom. The number of fused-ring (bicyclic) bond motifs is 3. The highest BCUT2D eigenvalue weighted by Crippen LogP contribution is 2.48. The molecular weight excluding hydrogens is 349 g/mol. The van der Waals surface area contributed by atoms with Crippen LogP contribution in [0.2, 0.25) is 0 Å². The second-order valence-electron chi connectivity index (χ2n) is 7.19. The van der Waals surface area contributed by atoms with E-state index >= 15 is 0 Å². The molecule has 5 atom stereocenters. The van der Waals surface area contributed by atoms with Gasteiger partial charge in [0.05, 0.1) is 12.7 Å². The molecule has 1 saturated heterocycles. The Bertz CT molecular complexity index is 309. The monoisotopic (exact) mass is 377 g/mol. The zero-order chi connectivity index (χ0) is 11.9. The fourth-order valence-corrected chi connectivity index (χ4v) is 5.30. The molecule has 5 unspecified atom stereocenters. The van der Waals surface area contributed by atoms with E-state index in [1.165, 1.54) is 51.6 Å². The first-order chi connectivity index (χ1) is 8.90. The number of morpholine rings is 1. The van der Waals surface area contributed by atoms with Crippen molar-refractivity contribution >= 4 is 24.0 Å². The number of halogens is 1. The smallest absolute Gasteiger partial charge is 0.0730 e. The van der Waals surface area contributed by atoms with Crippen molar-refractivity contribution in [3.8, 4) is 0 Å². The molecule has 110 valence electrons. The van der Waals surface area contributed by atoms with E-state index in [-0.39, 0.29) is 24.0 Å². The molecule has 0 aromatic carbocycles. The first-order valence-electron chi connectivity index (χ1n) is 8.26. The van der Waals surface area contributed by atoms with Crippen molar-refractivity contribution in [3.63, 3.8) is 0 Å². The predicted molar refractivity (Wildman–Crippen MR) is 87.9 cm³/mol. The number of ether oxygens (including phenoxy) is 1. The maximum atomic E-state index is 6.00. The summed E-state index contributed by atoms with van der Waals surface area (Å²) in [5.74, 6) is 3.22. The van der Waals surface area contributed by atoms with Gasteiger partial charge in [-0.1, -0.05) is 19.3 Å². The lowest BCUT2D eigenvalue weighted by molar-refractivity contribution is -0.0937. The van der Waals surface area contributed by atoms with E-state index < -0.39 is 0 Å². The minimum atomic E-state index is 0. The maximum absolute atomic E-state index is 6.00. The Morgan fingerprint density at radius 2 is 1.89 bits per heavy atom. The lowest BCUT2D eigenvalue weighted by Crippen LogP contribution is -2.54. The normalized spacial score (nSPS) is 45.8. The summed E-state index contributed by atoms with van der Waals surface area (Å²) in [6.45, 7) is 3.59. The predicted octanol–water partition coefficient (Wildman–Crippen LogP) is 3.68. The largest absolute Gasteiger partial charge is 0.375 e. The van der Waals surface area contributed by atoms with Crippen molar-refractivity contribution in [2.45, 2.75) is 63.5 Å².